The lowest BCUT2D eigenvalue weighted by atomic mass is 10.2. The zero-order valence-electron chi connectivity index (χ0n) is 5.77. The minimum Gasteiger partial charge on any atom is -0.298 e. The average Bonchev–Trinajstić information content (AvgIpc) is 2.50. The Balaban J connectivity index is 2.88. The summed E-state index contributed by atoms with van der Waals surface area (Å²) in [6.45, 7) is 0. The summed E-state index contributed by atoms with van der Waals surface area (Å²) in [5.74, 6) is 0. The zero-order chi connectivity index (χ0) is 7.68. The number of rotatable bonds is 1. The highest BCUT2D eigenvalue weighted by Gasteiger charge is 1.97. The molecule has 0 aromatic carbocycles. The van der Waals surface area contributed by atoms with Crippen molar-refractivity contribution in [3.8, 4) is 0 Å². The molecule has 0 saturated heterocycles. The number of carbonyl (C=O) groups is 1. The third-order valence-electron chi connectivity index (χ3n) is 1.60. The summed E-state index contributed by atoms with van der Waals surface area (Å²) in [5.41, 5.74) is 1.52. The average molecular weight is 146 g/mol. The maximum atomic E-state index is 10.5. The highest BCUT2D eigenvalue weighted by atomic mass is 16.1. The van der Waals surface area contributed by atoms with E-state index in [9.17, 15) is 4.79 Å². The normalized spacial score (nSPS) is 10.2. The van der Waals surface area contributed by atoms with Gasteiger partial charge in [0.25, 0.3) is 0 Å². The molecular formula is C8H6N2O. The van der Waals surface area contributed by atoms with Gasteiger partial charge >= 0.3 is 0 Å². The lowest BCUT2D eigenvalue weighted by Crippen LogP contribution is -1.89. The third kappa shape index (κ3) is 0.816. The first-order valence-corrected chi connectivity index (χ1v) is 3.29. The predicted molar refractivity (Wildman–Crippen MR) is 40.6 cm³/mol. The molecule has 0 aliphatic heterocycles. The SMILES string of the molecule is O=Cc1cccn2nccc12. The maximum absolute atomic E-state index is 10.5. The predicted octanol–water partition coefficient (Wildman–Crippen LogP) is 1.15. The van der Waals surface area contributed by atoms with E-state index < -0.39 is 0 Å². The summed E-state index contributed by atoms with van der Waals surface area (Å²) in [6, 6.07) is 5.37. The molecule has 0 saturated carbocycles. The van der Waals surface area contributed by atoms with Crippen LogP contribution in [0.5, 0.6) is 0 Å². The van der Waals surface area contributed by atoms with Crippen LogP contribution >= 0.6 is 0 Å². The van der Waals surface area contributed by atoms with Crippen molar-refractivity contribution < 1.29 is 4.79 Å². The molecule has 0 radical (unpaired) electrons. The van der Waals surface area contributed by atoms with Gasteiger partial charge in [-0.3, -0.25) is 4.79 Å². The molecule has 3 nitrogen and oxygen atoms in total. The maximum Gasteiger partial charge on any atom is 0.152 e. The highest BCUT2D eigenvalue weighted by Crippen LogP contribution is 2.06. The molecule has 0 aliphatic carbocycles. The minimum absolute atomic E-state index is 0.671. The fourth-order valence-electron chi connectivity index (χ4n) is 1.07. The van der Waals surface area contributed by atoms with Gasteiger partial charge in [0.1, 0.15) is 0 Å². The molecule has 0 fully saturated rings. The number of hydrogen-bond donors (Lipinski definition) is 0. The minimum atomic E-state index is 0.671. The van der Waals surface area contributed by atoms with Crippen LogP contribution in [0.2, 0.25) is 0 Å². The van der Waals surface area contributed by atoms with Gasteiger partial charge in [0.05, 0.1) is 11.7 Å². The number of aldehydes is 1. The standard InChI is InChI=1S/C8H6N2O/c11-6-7-2-1-5-10-8(7)3-4-9-10/h1-6H. The van der Waals surface area contributed by atoms with E-state index >= 15 is 0 Å². The first-order valence-electron chi connectivity index (χ1n) is 3.29. The first kappa shape index (κ1) is 6.09. The van der Waals surface area contributed by atoms with Gasteiger partial charge in [0.2, 0.25) is 0 Å². The number of carbonyl (C=O) groups excluding carboxylic acids is 1. The van der Waals surface area contributed by atoms with Crippen LogP contribution in [0.4, 0.5) is 0 Å². The number of fused-ring (bicyclic) bond motifs is 1. The molecule has 0 aliphatic rings. The summed E-state index contributed by atoms with van der Waals surface area (Å²) in [5, 5.41) is 3.99. The van der Waals surface area contributed by atoms with E-state index in [2.05, 4.69) is 5.10 Å². The topological polar surface area (TPSA) is 34.4 Å². The monoisotopic (exact) mass is 146 g/mol. The quantitative estimate of drug-likeness (QED) is 0.565. The third-order valence-corrected chi connectivity index (χ3v) is 1.60. The Morgan fingerprint density at radius 2 is 2.36 bits per heavy atom. The molecule has 0 atom stereocenters. The molecule has 2 aromatic rings. The van der Waals surface area contributed by atoms with E-state index in [-0.39, 0.29) is 0 Å². The molecule has 0 bridgehead atoms. The Hall–Kier alpha value is -1.64. The van der Waals surface area contributed by atoms with Crippen molar-refractivity contribution in [2.45, 2.75) is 0 Å². The van der Waals surface area contributed by atoms with Crippen LogP contribution in [0.1, 0.15) is 10.4 Å². The molecule has 3 heteroatoms. The van der Waals surface area contributed by atoms with Crippen molar-refractivity contribution in [3.05, 3.63) is 36.2 Å². The molecule has 11 heavy (non-hydrogen) atoms. The lowest BCUT2D eigenvalue weighted by Gasteiger charge is -1.93. The van der Waals surface area contributed by atoms with Crippen LogP contribution in [-0.4, -0.2) is 15.9 Å². The van der Waals surface area contributed by atoms with E-state index in [1.165, 1.54) is 0 Å². The van der Waals surface area contributed by atoms with Gasteiger partial charge in [-0.25, -0.2) is 4.52 Å². The highest BCUT2D eigenvalue weighted by molar-refractivity contribution is 5.85. The second-order valence-corrected chi connectivity index (χ2v) is 2.24. The van der Waals surface area contributed by atoms with E-state index in [1.54, 1.807) is 22.8 Å². The Bertz CT molecular complexity index is 392. The van der Waals surface area contributed by atoms with E-state index in [0.717, 1.165) is 11.8 Å². The van der Waals surface area contributed by atoms with Crippen molar-refractivity contribution in [2.24, 2.45) is 0 Å². The van der Waals surface area contributed by atoms with E-state index in [1.807, 2.05) is 12.3 Å². The van der Waals surface area contributed by atoms with Gasteiger partial charge in [-0.2, -0.15) is 5.10 Å². The Morgan fingerprint density at radius 1 is 1.45 bits per heavy atom. The van der Waals surface area contributed by atoms with Crippen molar-refractivity contribution in [2.75, 3.05) is 0 Å². The van der Waals surface area contributed by atoms with Crippen molar-refractivity contribution in [1.82, 2.24) is 9.61 Å². The first-order chi connectivity index (χ1) is 5.42. The number of hydrogen-bond acceptors (Lipinski definition) is 2. The van der Waals surface area contributed by atoms with Gasteiger partial charge in [-0.05, 0) is 18.2 Å². The van der Waals surface area contributed by atoms with Crippen LogP contribution in [0.15, 0.2) is 30.6 Å². The second-order valence-electron chi connectivity index (χ2n) is 2.24. The largest absolute Gasteiger partial charge is 0.298 e. The molecule has 2 heterocycles. The molecule has 0 amide bonds. The number of pyridine rings is 1. The molecule has 2 aromatic heterocycles. The molecular weight excluding hydrogens is 140 g/mol. The van der Waals surface area contributed by atoms with Crippen LogP contribution in [0.3, 0.4) is 0 Å². The Morgan fingerprint density at radius 3 is 3.18 bits per heavy atom. The van der Waals surface area contributed by atoms with E-state index in [0.29, 0.717) is 5.56 Å². The smallest absolute Gasteiger partial charge is 0.152 e. The van der Waals surface area contributed by atoms with Gasteiger partial charge in [0, 0.05) is 11.8 Å². The summed E-state index contributed by atoms with van der Waals surface area (Å²) in [6.07, 6.45) is 4.31. The van der Waals surface area contributed by atoms with Crippen LogP contribution in [0, 0.1) is 0 Å². The summed E-state index contributed by atoms with van der Waals surface area (Å²) >= 11 is 0. The Kier molecular flexibility index (Phi) is 1.22. The lowest BCUT2D eigenvalue weighted by molar-refractivity contribution is 0.112. The van der Waals surface area contributed by atoms with Crippen molar-refractivity contribution >= 4 is 11.8 Å². The van der Waals surface area contributed by atoms with Gasteiger partial charge in [0.15, 0.2) is 6.29 Å². The van der Waals surface area contributed by atoms with Crippen molar-refractivity contribution in [1.29, 1.82) is 0 Å². The van der Waals surface area contributed by atoms with Crippen LogP contribution in [0.25, 0.3) is 5.52 Å². The second kappa shape index (κ2) is 2.20. The summed E-state index contributed by atoms with van der Waals surface area (Å²) < 4.78 is 1.67. The molecule has 0 spiro atoms. The zero-order valence-corrected chi connectivity index (χ0v) is 5.77. The number of aromatic nitrogens is 2. The van der Waals surface area contributed by atoms with Gasteiger partial charge in [-0.15, -0.1) is 0 Å². The summed E-state index contributed by atoms with van der Waals surface area (Å²) in [7, 11) is 0. The molecule has 0 N–H and O–H groups in total. The fourth-order valence-corrected chi connectivity index (χ4v) is 1.07. The number of nitrogens with zero attached hydrogens (tertiary/aromatic N) is 2. The Labute approximate surface area is 63.3 Å². The van der Waals surface area contributed by atoms with Crippen LogP contribution in [-0.2, 0) is 0 Å². The van der Waals surface area contributed by atoms with Crippen LogP contribution < -0.4 is 0 Å². The fraction of sp³-hybridized carbons (Fsp3) is 0. The van der Waals surface area contributed by atoms with Gasteiger partial charge < -0.3 is 0 Å². The van der Waals surface area contributed by atoms with Crippen molar-refractivity contribution in [3.63, 3.8) is 0 Å². The molecule has 2 rings (SSSR count). The van der Waals surface area contributed by atoms with E-state index in [4.69, 9.17) is 0 Å². The summed E-state index contributed by atoms with van der Waals surface area (Å²) in [4.78, 5) is 10.5. The molecule has 0 unspecified atom stereocenters. The van der Waals surface area contributed by atoms with Gasteiger partial charge in [-0.1, -0.05) is 0 Å². The molecule has 54 valence electrons.